The Hall–Kier alpha value is -1.20. The Morgan fingerprint density at radius 2 is 1.81 bits per heavy atom. The fraction of sp³-hybridized carbons (Fsp3) is 0.625. The van der Waals surface area contributed by atoms with E-state index in [-0.39, 0.29) is 11.9 Å². The average molecular weight is 301 g/mol. The highest BCUT2D eigenvalue weighted by Crippen LogP contribution is 2.25. The summed E-state index contributed by atoms with van der Waals surface area (Å²) >= 11 is 0. The Bertz CT molecular complexity index is 450. The van der Waals surface area contributed by atoms with Crippen LogP contribution in [0.2, 0.25) is 0 Å². The highest BCUT2D eigenvalue weighted by Gasteiger charge is 2.12. The number of halogens is 2. The van der Waals surface area contributed by atoms with Crippen LogP contribution in [0.4, 0.5) is 8.78 Å². The molecule has 5 heteroatoms. The highest BCUT2D eigenvalue weighted by molar-refractivity contribution is 5.41. The molecule has 0 amide bonds. The van der Waals surface area contributed by atoms with Gasteiger partial charge in [-0.3, -0.25) is 0 Å². The topological polar surface area (TPSA) is 41.5 Å². The van der Waals surface area contributed by atoms with E-state index >= 15 is 0 Å². The zero-order valence-electron chi connectivity index (χ0n) is 13.1. The molecule has 1 aromatic carbocycles. The van der Waals surface area contributed by atoms with Gasteiger partial charge in [-0.15, -0.1) is 0 Å². The van der Waals surface area contributed by atoms with Crippen molar-refractivity contribution in [3.8, 4) is 5.75 Å². The van der Waals surface area contributed by atoms with Crippen LogP contribution in [0.25, 0.3) is 0 Å². The second-order valence-electron chi connectivity index (χ2n) is 5.74. The smallest absolute Gasteiger partial charge is 0.387 e. The van der Waals surface area contributed by atoms with Gasteiger partial charge in [-0.1, -0.05) is 13.0 Å². The summed E-state index contributed by atoms with van der Waals surface area (Å²) in [7, 11) is 0. The van der Waals surface area contributed by atoms with Crippen LogP contribution in [0, 0.1) is 19.8 Å². The quantitative estimate of drug-likeness (QED) is 0.773. The van der Waals surface area contributed by atoms with Crippen LogP contribution < -0.4 is 10.1 Å². The van der Waals surface area contributed by atoms with E-state index in [2.05, 4.69) is 10.1 Å². The van der Waals surface area contributed by atoms with Gasteiger partial charge in [0, 0.05) is 12.1 Å². The molecule has 120 valence electrons. The third kappa shape index (κ3) is 6.40. The number of ether oxygens (including phenoxy) is 1. The summed E-state index contributed by atoms with van der Waals surface area (Å²) in [6.07, 6.45) is 0.376. The van der Waals surface area contributed by atoms with E-state index in [0.29, 0.717) is 25.4 Å². The number of benzene rings is 1. The van der Waals surface area contributed by atoms with E-state index < -0.39 is 6.61 Å². The van der Waals surface area contributed by atoms with E-state index in [1.165, 1.54) is 0 Å². The minimum Gasteiger partial charge on any atom is -0.434 e. The molecule has 0 aliphatic rings. The highest BCUT2D eigenvalue weighted by atomic mass is 19.3. The first-order valence-electron chi connectivity index (χ1n) is 7.23. The van der Waals surface area contributed by atoms with E-state index in [1.54, 1.807) is 13.0 Å². The van der Waals surface area contributed by atoms with Crippen LogP contribution in [0.5, 0.6) is 5.75 Å². The molecule has 0 radical (unpaired) electrons. The number of hydrogen-bond acceptors (Lipinski definition) is 3. The Balaban J connectivity index is 2.66. The van der Waals surface area contributed by atoms with Crippen molar-refractivity contribution in [2.24, 2.45) is 5.92 Å². The van der Waals surface area contributed by atoms with Crippen molar-refractivity contribution in [2.45, 2.75) is 53.4 Å². The molecule has 0 saturated heterocycles. The molecule has 0 fully saturated rings. The van der Waals surface area contributed by atoms with Crippen LogP contribution in [-0.4, -0.2) is 24.4 Å². The molecular formula is C16H25F2NO2. The zero-order valence-corrected chi connectivity index (χ0v) is 13.1. The molecule has 2 unspecified atom stereocenters. The fourth-order valence-corrected chi connectivity index (χ4v) is 2.31. The number of aliphatic hydroxyl groups is 1. The number of alkyl halides is 2. The lowest BCUT2D eigenvalue weighted by Gasteiger charge is -2.17. The predicted molar refractivity (Wildman–Crippen MR) is 79.7 cm³/mol. The van der Waals surface area contributed by atoms with Gasteiger partial charge in [0.1, 0.15) is 5.75 Å². The molecule has 0 bridgehead atoms. The number of aliphatic hydroxyl groups excluding tert-OH is 1. The summed E-state index contributed by atoms with van der Waals surface area (Å²) in [4.78, 5) is 0. The Labute approximate surface area is 125 Å². The molecule has 0 aliphatic heterocycles. The van der Waals surface area contributed by atoms with Gasteiger partial charge in [-0.25, -0.2) is 0 Å². The normalized spacial score (nSPS) is 14.3. The molecule has 1 rings (SSSR count). The minimum atomic E-state index is -2.82. The third-order valence-electron chi connectivity index (χ3n) is 3.44. The first-order valence-corrected chi connectivity index (χ1v) is 7.23. The molecule has 2 atom stereocenters. The number of hydrogen-bond donors (Lipinski definition) is 2. The minimum absolute atomic E-state index is 0.226. The molecule has 0 aliphatic carbocycles. The van der Waals surface area contributed by atoms with Gasteiger partial charge in [-0.2, -0.15) is 8.78 Å². The van der Waals surface area contributed by atoms with E-state index in [9.17, 15) is 13.9 Å². The Morgan fingerprint density at radius 3 is 2.38 bits per heavy atom. The molecule has 0 spiro atoms. The lowest BCUT2D eigenvalue weighted by atomic mass is 10.0. The maximum atomic E-state index is 12.5. The standard InChI is InChI=1S/C16H25F2NO2/c1-10(5-13(4)20)8-19-9-14-6-11(2)12(3)7-15(14)21-16(17)18/h6-7,10,13,16,19-20H,5,8-9H2,1-4H3. The zero-order chi connectivity index (χ0) is 16.0. The van der Waals surface area contributed by atoms with Crippen molar-refractivity contribution in [2.75, 3.05) is 6.54 Å². The molecule has 1 aromatic rings. The SMILES string of the molecule is Cc1cc(CNCC(C)CC(C)O)c(OC(F)F)cc1C. The Morgan fingerprint density at radius 1 is 1.19 bits per heavy atom. The maximum Gasteiger partial charge on any atom is 0.387 e. The molecule has 3 nitrogen and oxygen atoms in total. The summed E-state index contributed by atoms with van der Waals surface area (Å²) in [6.45, 7) is 5.97. The van der Waals surface area contributed by atoms with Gasteiger partial charge < -0.3 is 15.2 Å². The van der Waals surface area contributed by atoms with Gasteiger partial charge in [0.15, 0.2) is 0 Å². The largest absolute Gasteiger partial charge is 0.434 e. The van der Waals surface area contributed by atoms with E-state index in [0.717, 1.165) is 16.7 Å². The van der Waals surface area contributed by atoms with Crippen LogP contribution >= 0.6 is 0 Å². The van der Waals surface area contributed by atoms with Crippen molar-refractivity contribution in [1.29, 1.82) is 0 Å². The second-order valence-corrected chi connectivity index (χ2v) is 5.74. The third-order valence-corrected chi connectivity index (χ3v) is 3.44. The van der Waals surface area contributed by atoms with Crippen molar-refractivity contribution >= 4 is 0 Å². The van der Waals surface area contributed by atoms with Gasteiger partial charge in [-0.05, 0) is 56.8 Å². The van der Waals surface area contributed by atoms with Crippen molar-refractivity contribution < 1.29 is 18.6 Å². The second kappa shape index (κ2) is 8.29. The molecule has 0 heterocycles. The summed E-state index contributed by atoms with van der Waals surface area (Å²) in [5.41, 5.74) is 2.70. The summed E-state index contributed by atoms with van der Waals surface area (Å²) in [5.74, 6) is 0.541. The average Bonchev–Trinajstić information content (AvgIpc) is 2.33. The molecule has 0 saturated carbocycles. The molecule has 21 heavy (non-hydrogen) atoms. The summed E-state index contributed by atoms with van der Waals surface area (Å²) in [6, 6.07) is 3.52. The van der Waals surface area contributed by atoms with Crippen molar-refractivity contribution in [1.82, 2.24) is 5.32 Å². The number of aryl methyl sites for hydroxylation is 2. The van der Waals surface area contributed by atoms with Gasteiger partial charge >= 0.3 is 6.61 Å². The first kappa shape index (κ1) is 17.9. The first-order chi connectivity index (χ1) is 9.79. The van der Waals surface area contributed by atoms with Crippen molar-refractivity contribution in [3.05, 3.63) is 28.8 Å². The monoisotopic (exact) mass is 301 g/mol. The van der Waals surface area contributed by atoms with Crippen LogP contribution in [-0.2, 0) is 6.54 Å². The maximum absolute atomic E-state index is 12.5. The van der Waals surface area contributed by atoms with E-state index in [1.807, 2.05) is 26.8 Å². The lowest BCUT2D eigenvalue weighted by molar-refractivity contribution is -0.0505. The van der Waals surface area contributed by atoms with Crippen LogP contribution in [0.15, 0.2) is 12.1 Å². The molecule has 2 N–H and O–H groups in total. The number of rotatable bonds is 8. The van der Waals surface area contributed by atoms with Gasteiger partial charge in [0.2, 0.25) is 0 Å². The van der Waals surface area contributed by atoms with E-state index in [4.69, 9.17) is 0 Å². The van der Waals surface area contributed by atoms with Crippen LogP contribution in [0.1, 0.15) is 37.0 Å². The van der Waals surface area contributed by atoms with Crippen molar-refractivity contribution in [3.63, 3.8) is 0 Å². The fourth-order valence-electron chi connectivity index (χ4n) is 2.31. The lowest BCUT2D eigenvalue weighted by Crippen LogP contribution is -2.23. The Kier molecular flexibility index (Phi) is 7.05. The van der Waals surface area contributed by atoms with Gasteiger partial charge in [0.25, 0.3) is 0 Å². The predicted octanol–water partition coefficient (Wildman–Crippen LogP) is 3.40. The van der Waals surface area contributed by atoms with Gasteiger partial charge in [0.05, 0.1) is 6.10 Å². The van der Waals surface area contributed by atoms with Crippen LogP contribution in [0.3, 0.4) is 0 Å². The summed E-state index contributed by atoms with van der Waals surface area (Å²) in [5, 5.41) is 12.5. The molecule has 0 aromatic heterocycles. The summed E-state index contributed by atoms with van der Waals surface area (Å²) < 4.78 is 29.5. The molecular weight excluding hydrogens is 276 g/mol. The number of nitrogens with one attached hydrogen (secondary N) is 1.